The zero-order valence-electron chi connectivity index (χ0n) is 43.4. The van der Waals surface area contributed by atoms with Crippen molar-refractivity contribution in [1.82, 2.24) is 4.57 Å². The van der Waals surface area contributed by atoms with Crippen LogP contribution in [0.2, 0.25) is 0 Å². The van der Waals surface area contributed by atoms with Gasteiger partial charge >= 0.3 is 0 Å². The summed E-state index contributed by atoms with van der Waals surface area (Å²) in [6.07, 6.45) is 0. The summed E-state index contributed by atoms with van der Waals surface area (Å²) in [6, 6.07) is 47.6. The third-order valence-corrected chi connectivity index (χ3v) is 11.3. The van der Waals surface area contributed by atoms with Crippen LogP contribution in [0, 0.1) is 0 Å². The van der Waals surface area contributed by atoms with E-state index in [0.29, 0.717) is 16.9 Å². The summed E-state index contributed by atoms with van der Waals surface area (Å²) in [6.45, 7) is 0. The van der Waals surface area contributed by atoms with E-state index < -0.39 is 65.5 Å². The highest BCUT2D eigenvalue weighted by Crippen LogP contribution is 2.47. The lowest BCUT2D eigenvalue weighted by molar-refractivity contribution is 0.670. The normalized spacial score (nSPS) is 14.1. The molecule has 10 aromatic carbocycles. The minimum atomic E-state index is -0.678. The molecule has 61 heavy (non-hydrogen) atoms. The molecule has 0 aliphatic carbocycles. The minimum absolute atomic E-state index is 0.161. The van der Waals surface area contributed by atoms with Gasteiger partial charge in [-0.2, -0.15) is 0 Å². The number of rotatable bonds is 7. The average Bonchev–Trinajstić information content (AvgIpc) is 3.96. The molecular weight excluding hydrogens is 741 g/mol. The molecule has 2 aromatic heterocycles. The maximum Gasteiger partial charge on any atom is 0.143 e. The third-order valence-electron chi connectivity index (χ3n) is 11.3. The molecule has 0 amide bonds. The van der Waals surface area contributed by atoms with Crippen LogP contribution in [0.25, 0.3) is 93.6 Å². The Morgan fingerprint density at radius 1 is 0.426 bits per heavy atom. The first-order chi connectivity index (χ1) is 34.8. The van der Waals surface area contributed by atoms with E-state index in [9.17, 15) is 2.74 Å². The topological polar surface area (TPSA) is 21.3 Å². The first-order valence-corrected chi connectivity index (χ1v) is 19.9. The quantitative estimate of drug-likeness (QED) is 0.160. The van der Waals surface area contributed by atoms with E-state index in [4.69, 9.17) is 16.8 Å². The predicted octanol–water partition coefficient (Wildman–Crippen LogP) is 16.3. The molecule has 0 fully saturated rings. The molecule has 12 aromatic rings. The molecule has 0 aliphatic rings. The van der Waals surface area contributed by atoms with Gasteiger partial charge in [0.2, 0.25) is 0 Å². The summed E-state index contributed by atoms with van der Waals surface area (Å²) < 4.78 is 106. The van der Waals surface area contributed by atoms with Gasteiger partial charge in [-0.25, -0.2) is 0 Å². The van der Waals surface area contributed by atoms with E-state index in [-0.39, 0.29) is 23.2 Å². The van der Waals surface area contributed by atoms with E-state index in [1.807, 2.05) is 83.8 Å². The highest BCUT2D eigenvalue weighted by atomic mass is 16.3. The molecule has 0 aliphatic heterocycles. The maximum absolute atomic E-state index is 9.47. The van der Waals surface area contributed by atoms with E-state index in [2.05, 4.69) is 77.4 Å². The lowest BCUT2D eigenvalue weighted by Crippen LogP contribution is -2.10. The molecule has 2 heterocycles. The second-order valence-electron chi connectivity index (χ2n) is 14.8. The summed E-state index contributed by atoms with van der Waals surface area (Å²) in [7, 11) is 0. The van der Waals surface area contributed by atoms with Crippen LogP contribution in [0.15, 0.2) is 235 Å². The summed E-state index contributed by atoms with van der Waals surface area (Å²) in [5, 5.41) is 5.78. The third kappa shape index (κ3) is 5.74. The number of fused-ring (bicyclic) bond motifs is 8. The second kappa shape index (κ2) is 14.3. The zero-order valence-corrected chi connectivity index (χ0v) is 32.4. The molecule has 12 rings (SSSR count). The number of hydrogen-bond donors (Lipinski definition) is 0. The van der Waals surface area contributed by atoms with Gasteiger partial charge in [-0.3, -0.25) is 0 Å². The number of nitrogens with zero attached hydrogens (tertiary/aromatic N) is 2. The zero-order chi connectivity index (χ0) is 49.9. The Morgan fingerprint density at radius 2 is 1.03 bits per heavy atom. The Bertz CT molecular complexity index is 4170. The molecule has 3 heteroatoms. The number of furan rings is 1. The maximum atomic E-state index is 9.47. The summed E-state index contributed by atoms with van der Waals surface area (Å²) in [5.74, 6) is 0. The Hall–Kier alpha value is -8.14. The Balaban J connectivity index is 1.06. The van der Waals surface area contributed by atoms with Gasteiger partial charge in [0.25, 0.3) is 0 Å². The lowest BCUT2D eigenvalue weighted by atomic mass is 9.97. The smallest absolute Gasteiger partial charge is 0.143 e. The second-order valence-corrected chi connectivity index (χ2v) is 14.8. The Kier molecular flexibility index (Phi) is 5.95. The van der Waals surface area contributed by atoms with E-state index in [1.54, 1.807) is 0 Å². The number of para-hydroxylation sites is 5. The fourth-order valence-corrected chi connectivity index (χ4v) is 8.72. The fourth-order valence-electron chi connectivity index (χ4n) is 8.72. The van der Waals surface area contributed by atoms with Gasteiger partial charge in [0.05, 0.1) is 31.8 Å². The van der Waals surface area contributed by atoms with Crippen molar-refractivity contribution in [1.29, 1.82) is 0 Å². The van der Waals surface area contributed by atoms with Crippen molar-refractivity contribution in [2.45, 2.75) is 0 Å². The van der Waals surface area contributed by atoms with Crippen molar-refractivity contribution >= 4 is 71.6 Å². The van der Waals surface area contributed by atoms with Gasteiger partial charge in [-0.1, -0.05) is 176 Å². The molecule has 286 valence electrons. The van der Waals surface area contributed by atoms with Gasteiger partial charge in [0.15, 0.2) is 0 Å². The first-order valence-electron chi connectivity index (χ1n) is 25.4. The minimum Gasteiger partial charge on any atom is -0.455 e. The van der Waals surface area contributed by atoms with E-state index in [0.717, 1.165) is 71.5 Å². The predicted molar refractivity (Wildman–Crippen MR) is 257 cm³/mol. The standard InChI is InChI=1S/C58H38N2O/c1-4-15-39(16-5-1)40-29-31-41(32-30-40)42-33-36-46(37-34-42)59(44-18-6-2-7-19-44)53-28-12-17-43-35-38-54-56(55(43)53)51-26-14-25-50(58(51)61-54)49-24-13-23-48-47-22-10-11-27-52(47)60(57(48)49)45-20-8-3-9-21-45/h1-38H/i1D,4D,5D,15D,16D,29D,30D,31D,32D,33D,34D. The van der Waals surface area contributed by atoms with Crippen molar-refractivity contribution in [2.24, 2.45) is 0 Å². The summed E-state index contributed by atoms with van der Waals surface area (Å²) >= 11 is 0. The van der Waals surface area contributed by atoms with Crippen molar-refractivity contribution in [3.8, 4) is 39.1 Å². The first kappa shape index (κ1) is 25.4. The monoisotopic (exact) mass is 789 g/mol. The Labute approximate surface area is 369 Å². The lowest BCUT2D eigenvalue weighted by Gasteiger charge is -2.27. The molecular formula is C58H38N2O. The molecule has 0 saturated heterocycles. The molecule has 0 radical (unpaired) electrons. The van der Waals surface area contributed by atoms with Crippen molar-refractivity contribution in [3.63, 3.8) is 0 Å². The van der Waals surface area contributed by atoms with Gasteiger partial charge in [0, 0.05) is 55.1 Å². The van der Waals surface area contributed by atoms with Crippen molar-refractivity contribution < 1.29 is 19.5 Å². The van der Waals surface area contributed by atoms with Crippen LogP contribution in [-0.4, -0.2) is 4.57 Å². The van der Waals surface area contributed by atoms with Crippen LogP contribution in [0.3, 0.4) is 0 Å². The largest absolute Gasteiger partial charge is 0.455 e. The SMILES string of the molecule is [2H]c1cc(N(c2ccccc2)c2cccc3ccc4oc5c(-c6cccc7c8ccccc8n(-c8ccccc8)c67)cccc5c4c23)cc([2H])c1-c1c([2H])c([2H])c(-c2c([2H])c([2H])c([2H])c([2H])c2[2H])c([2H])c1[2H]. The van der Waals surface area contributed by atoms with Crippen LogP contribution < -0.4 is 4.90 Å². The molecule has 0 bridgehead atoms. The van der Waals surface area contributed by atoms with Gasteiger partial charge in [0.1, 0.15) is 11.2 Å². The number of aromatic nitrogens is 1. The van der Waals surface area contributed by atoms with E-state index >= 15 is 0 Å². The molecule has 0 N–H and O–H groups in total. The number of hydrogen-bond acceptors (Lipinski definition) is 2. The van der Waals surface area contributed by atoms with Crippen LogP contribution >= 0.6 is 0 Å². The molecule has 0 spiro atoms. The highest BCUT2D eigenvalue weighted by molar-refractivity contribution is 6.25. The van der Waals surface area contributed by atoms with Crippen LogP contribution in [0.4, 0.5) is 17.1 Å². The summed E-state index contributed by atoms with van der Waals surface area (Å²) in [5.41, 5.74) is 6.93. The molecule has 3 nitrogen and oxygen atoms in total. The molecule has 0 saturated carbocycles. The highest BCUT2D eigenvalue weighted by Gasteiger charge is 2.23. The Morgan fingerprint density at radius 3 is 1.80 bits per heavy atom. The van der Waals surface area contributed by atoms with Crippen LogP contribution in [0.1, 0.15) is 15.1 Å². The van der Waals surface area contributed by atoms with Crippen LogP contribution in [0.5, 0.6) is 0 Å². The van der Waals surface area contributed by atoms with Gasteiger partial charge in [-0.05, 0) is 82.2 Å². The van der Waals surface area contributed by atoms with Gasteiger partial charge < -0.3 is 13.9 Å². The van der Waals surface area contributed by atoms with Crippen molar-refractivity contribution in [2.75, 3.05) is 4.90 Å². The fraction of sp³-hybridized carbons (Fsp3) is 0. The number of benzene rings is 10. The van der Waals surface area contributed by atoms with Crippen molar-refractivity contribution in [3.05, 3.63) is 230 Å². The van der Waals surface area contributed by atoms with Crippen LogP contribution in [-0.2, 0) is 0 Å². The van der Waals surface area contributed by atoms with Gasteiger partial charge in [-0.15, -0.1) is 0 Å². The molecule has 0 atom stereocenters. The number of anilines is 3. The van der Waals surface area contributed by atoms with E-state index in [1.165, 1.54) is 12.1 Å². The molecule has 0 unspecified atom stereocenters. The summed E-state index contributed by atoms with van der Waals surface area (Å²) in [4.78, 5) is 1.96. The average molecular weight is 790 g/mol.